The fourth-order valence-corrected chi connectivity index (χ4v) is 3.07. The first-order valence-corrected chi connectivity index (χ1v) is 8.44. The van der Waals surface area contributed by atoms with Crippen LogP contribution in [-0.2, 0) is 13.1 Å². The molecule has 0 spiro atoms. The zero-order valence-corrected chi connectivity index (χ0v) is 14.3. The van der Waals surface area contributed by atoms with Crippen LogP contribution in [0.1, 0.15) is 21.6 Å². The van der Waals surface area contributed by atoms with Crippen LogP contribution < -0.4 is 5.32 Å². The van der Waals surface area contributed by atoms with E-state index in [0.717, 1.165) is 11.1 Å². The van der Waals surface area contributed by atoms with Crippen molar-refractivity contribution < 1.29 is 18.0 Å². The van der Waals surface area contributed by atoms with Gasteiger partial charge in [0.2, 0.25) is 0 Å². The molecule has 0 atom stereocenters. The fourth-order valence-electron chi connectivity index (χ4n) is 3.07. The van der Waals surface area contributed by atoms with E-state index in [4.69, 9.17) is 4.42 Å². The number of aromatic nitrogens is 1. The number of carbonyl (C=O) groups is 1. The van der Waals surface area contributed by atoms with Gasteiger partial charge in [0.15, 0.2) is 5.58 Å². The van der Waals surface area contributed by atoms with Crippen LogP contribution in [0.4, 0.5) is 8.78 Å². The van der Waals surface area contributed by atoms with E-state index in [9.17, 15) is 13.6 Å². The Balaban J connectivity index is 1.61. The monoisotopic (exact) mass is 366 g/mol. The molecule has 6 heteroatoms. The van der Waals surface area contributed by atoms with Crippen LogP contribution in [0, 0.1) is 11.6 Å². The minimum atomic E-state index is -0.353. The second kappa shape index (κ2) is 7.07. The summed E-state index contributed by atoms with van der Waals surface area (Å²) in [5, 5.41) is 2.79. The number of benzene rings is 2. The highest BCUT2D eigenvalue weighted by Gasteiger charge is 2.17. The van der Waals surface area contributed by atoms with Crippen molar-refractivity contribution in [3.05, 3.63) is 95.4 Å². The lowest BCUT2D eigenvalue weighted by Crippen LogP contribution is -2.25. The zero-order valence-electron chi connectivity index (χ0n) is 14.3. The van der Waals surface area contributed by atoms with Gasteiger partial charge in [-0.15, -0.1) is 0 Å². The summed E-state index contributed by atoms with van der Waals surface area (Å²) in [4.78, 5) is 12.7. The van der Waals surface area contributed by atoms with Crippen LogP contribution in [0.5, 0.6) is 0 Å². The summed E-state index contributed by atoms with van der Waals surface area (Å²) in [5.41, 5.74) is 3.10. The van der Waals surface area contributed by atoms with E-state index in [1.54, 1.807) is 47.2 Å². The third-order valence-corrected chi connectivity index (χ3v) is 4.33. The van der Waals surface area contributed by atoms with Crippen molar-refractivity contribution in [3.8, 4) is 0 Å². The van der Waals surface area contributed by atoms with Gasteiger partial charge in [-0.2, -0.15) is 0 Å². The first kappa shape index (κ1) is 17.0. The Morgan fingerprint density at radius 1 is 0.963 bits per heavy atom. The summed E-state index contributed by atoms with van der Waals surface area (Å²) >= 11 is 0. The second-order valence-electron chi connectivity index (χ2n) is 6.23. The normalized spacial score (nSPS) is 11.0. The van der Waals surface area contributed by atoms with Crippen molar-refractivity contribution in [2.75, 3.05) is 0 Å². The molecule has 27 heavy (non-hydrogen) atoms. The number of nitrogens with one attached hydrogen (secondary N) is 1. The van der Waals surface area contributed by atoms with E-state index < -0.39 is 0 Å². The lowest BCUT2D eigenvalue weighted by Gasteiger charge is -2.11. The number of hydrogen-bond donors (Lipinski definition) is 1. The lowest BCUT2D eigenvalue weighted by atomic mass is 10.2. The Labute approximate surface area is 154 Å². The van der Waals surface area contributed by atoms with Crippen LogP contribution in [-0.4, -0.2) is 10.5 Å². The van der Waals surface area contributed by atoms with Gasteiger partial charge in [0, 0.05) is 25.2 Å². The van der Waals surface area contributed by atoms with Crippen molar-refractivity contribution >= 4 is 17.0 Å². The number of fused-ring (bicyclic) bond motifs is 1. The van der Waals surface area contributed by atoms with Gasteiger partial charge in [-0.1, -0.05) is 24.3 Å². The third-order valence-electron chi connectivity index (χ3n) is 4.33. The topological polar surface area (TPSA) is 47.2 Å². The molecule has 0 aliphatic heterocycles. The molecule has 4 aromatic rings. The molecule has 4 rings (SSSR count). The molecule has 0 bridgehead atoms. The molecule has 0 aliphatic carbocycles. The highest BCUT2D eigenvalue weighted by molar-refractivity contribution is 5.97. The quantitative estimate of drug-likeness (QED) is 0.566. The largest absolute Gasteiger partial charge is 0.463 e. The van der Waals surface area contributed by atoms with Crippen molar-refractivity contribution in [1.82, 2.24) is 9.88 Å². The van der Waals surface area contributed by atoms with Crippen molar-refractivity contribution in [1.29, 1.82) is 0 Å². The van der Waals surface area contributed by atoms with Gasteiger partial charge in [0.05, 0.1) is 11.8 Å². The van der Waals surface area contributed by atoms with Gasteiger partial charge in [-0.05, 0) is 35.4 Å². The standard InChI is InChI=1S/C21H16F2N2O2/c22-16-5-1-3-14(9-16)12-24-21(26)19-11-20-18(7-8-27-20)25(19)13-15-4-2-6-17(23)10-15/h1-11H,12-13H2,(H,24,26). The number of furan rings is 1. The minimum Gasteiger partial charge on any atom is -0.463 e. The average Bonchev–Trinajstić information content (AvgIpc) is 3.23. The van der Waals surface area contributed by atoms with Crippen LogP contribution >= 0.6 is 0 Å². The van der Waals surface area contributed by atoms with Gasteiger partial charge in [0.25, 0.3) is 5.91 Å². The van der Waals surface area contributed by atoms with E-state index in [1.165, 1.54) is 24.3 Å². The Morgan fingerprint density at radius 2 is 1.67 bits per heavy atom. The molecule has 0 radical (unpaired) electrons. The van der Waals surface area contributed by atoms with E-state index in [0.29, 0.717) is 23.4 Å². The van der Waals surface area contributed by atoms with E-state index in [1.807, 2.05) is 0 Å². The third kappa shape index (κ3) is 3.60. The van der Waals surface area contributed by atoms with Crippen molar-refractivity contribution in [3.63, 3.8) is 0 Å². The van der Waals surface area contributed by atoms with Gasteiger partial charge < -0.3 is 14.3 Å². The van der Waals surface area contributed by atoms with Crippen molar-refractivity contribution in [2.24, 2.45) is 0 Å². The predicted octanol–water partition coefficient (Wildman–Crippen LogP) is 4.49. The molecular weight excluding hydrogens is 350 g/mol. The number of carbonyl (C=O) groups excluding carboxylic acids is 1. The highest BCUT2D eigenvalue weighted by atomic mass is 19.1. The maximum atomic E-state index is 13.5. The molecule has 4 nitrogen and oxygen atoms in total. The molecule has 0 aliphatic rings. The molecule has 0 unspecified atom stereocenters. The molecule has 1 N–H and O–H groups in total. The summed E-state index contributed by atoms with van der Waals surface area (Å²) in [6.45, 7) is 0.520. The molecule has 2 aromatic heterocycles. The smallest absolute Gasteiger partial charge is 0.268 e. The Hall–Kier alpha value is -3.41. The maximum Gasteiger partial charge on any atom is 0.268 e. The molecule has 0 saturated heterocycles. The zero-order chi connectivity index (χ0) is 18.8. The van der Waals surface area contributed by atoms with Crippen LogP contribution in [0.15, 0.2) is 71.3 Å². The number of hydrogen-bond acceptors (Lipinski definition) is 2. The summed E-state index contributed by atoms with van der Waals surface area (Å²) in [7, 11) is 0. The molecule has 0 fully saturated rings. The summed E-state index contributed by atoms with van der Waals surface area (Å²) in [6.07, 6.45) is 1.54. The second-order valence-corrected chi connectivity index (χ2v) is 6.23. The predicted molar refractivity (Wildman–Crippen MR) is 97.3 cm³/mol. The van der Waals surface area contributed by atoms with Crippen molar-refractivity contribution in [2.45, 2.75) is 13.1 Å². The van der Waals surface area contributed by atoms with Gasteiger partial charge in [0.1, 0.15) is 17.3 Å². The lowest BCUT2D eigenvalue weighted by molar-refractivity contribution is 0.0942. The first-order chi connectivity index (χ1) is 13.1. The number of halogens is 2. The summed E-state index contributed by atoms with van der Waals surface area (Å²) < 4.78 is 34.0. The summed E-state index contributed by atoms with van der Waals surface area (Å²) in [5.74, 6) is -1.00. The molecular formula is C21H16F2N2O2. The average molecular weight is 366 g/mol. The van der Waals surface area contributed by atoms with Crippen LogP contribution in [0.25, 0.3) is 11.1 Å². The van der Waals surface area contributed by atoms with E-state index in [-0.39, 0.29) is 24.1 Å². The number of nitrogens with zero attached hydrogens (tertiary/aromatic N) is 1. The molecule has 1 amide bonds. The van der Waals surface area contributed by atoms with Gasteiger partial charge in [-0.3, -0.25) is 4.79 Å². The van der Waals surface area contributed by atoms with Gasteiger partial charge >= 0.3 is 0 Å². The van der Waals surface area contributed by atoms with Gasteiger partial charge in [-0.25, -0.2) is 8.78 Å². The van der Waals surface area contributed by atoms with Crippen LogP contribution in [0.3, 0.4) is 0 Å². The first-order valence-electron chi connectivity index (χ1n) is 8.44. The van der Waals surface area contributed by atoms with Crippen LogP contribution in [0.2, 0.25) is 0 Å². The Morgan fingerprint density at radius 3 is 2.41 bits per heavy atom. The molecule has 2 aromatic carbocycles. The fraction of sp³-hybridized carbons (Fsp3) is 0.0952. The molecule has 2 heterocycles. The SMILES string of the molecule is O=C(NCc1cccc(F)c1)c1cc2occc2n1Cc1cccc(F)c1. The molecule has 136 valence electrons. The summed E-state index contributed by atoms with van der Waals surface area (Å²) in [6, 6.07) is 15.7. The number of rotatable bonds is 5. The minimum absolute atomic E-state index is 0.198. The maximum absolute atomic E-state index is 13.5. The Bertz CT molecular complexity index is 1110. The Kier molecular flexibility index (Phi) is 4.46. The highest BCUT2D eigenvalue weighted by Crippen LogP contribution is 2.23. The van der Waals surface area contributed by atoms with E-state index in [2.05, 4.69) is 5.32 Å². The number of amides is 1. The molecule has 0 saturated carbocycles. The van der Waals surface area contributed by atoms with E-state index >= 15 is 0 Å².